The maximum absolute atomic E-state index is 11.9. The first-order chi connectivity index (χ1) is 10.0. The monoisotopic (exact) mass is 297 g/mol. The molecule has 122 valence electrons. The molecular formula is C17H31NO3. The van der Waals surface area contributed by atoms with Crippen LogP contribution >= 0.6 is 0 Å². The number of nitrogens with one attached hydrogen (secondary N) is 1. The van der Waals surface area contributed by atoms with E-state index in [9.17, 15) is 9.90 Å². The molecule has 0 aliphatic heterocycles. The van der Waals surface area contributed by atoms with Crippen LogP contribution in [0.2, 0.25) is 0 Å². The van der Waals surface area contributed by atoms with Crippen LogP contribution in [0.15, 0.2) is 0 Å². The zero-order chi connectivity index (χ0) is 15.3. The van der Waals surface area contributed by atoms with E-state index in [4.69, 9.17) is 4.74 Å². The normalized spacial score (nSPS) is 37.2. The van der Waals surface area contributed by atoms with Gasteiger partial charge < -0.3 is 15.2 Å². The number of carbonyl (C=O) groups is 1. The summed E-state index contributed by atoms with van der Waals surface area (Å²) in [5, 5.41) is 14.2. The molecule has 0 aromatic heterocycles. The van der Waals surface area contributed by atoms with Crippen LogP contribution in [0.5, 0.6) is 0 Å². The Balaban J connectivity index is 1.78. The van der Waals surface area contributed by atoms with E-state index in [-0.39, 0.29) is 11.9 Å². The molecule has 4 nitrogen and oxygen atoms in total. The summed E-state index contributed by atoms with van der Waals surface area (Å²) in [7, 11) is 0. The first-order valence-corrected chi connectivity index (χ1v) is 8.65. The van der Waals surface area contributed by atoms with Crippen LogP contribution in [0.25, 0.3) is 0 Å². The highest BCUT2D eigenvalue weighted by Gasteiger charge is 2.34. The van der Waals surface area contributed by atoms with E-state index in [0.717, 1.165) is 44.9 Å². The Bertz CT molecular complexity index is 347. The van der Waals surface area contributed by atoms with Crippen molar-refractivity contribution in [3.63, 3.8) is 0 Å². The lowest BCUT2D eigenvalue weighted by atomic mass is 9.78. The van der Waals surface area contributed by atoms with Gasteiger partial charge >= 0.3 is 5.97 Å². The average molecular weight is 297 g/mol. The Morgan fingerprint density at radius 1 is 1.33 bits per heavy atom. The minimum Gasteiger partial charge on any atom is -0.466 e. The standard InChI is InChI=1S/C17H31NO3/c1-3-21-16(19)14-7-4-8-15(10-14)18-12-17(20)9-5-6-13(2)11-17/h13-15,18,20H,3-12H2,1-2H3. The number of hydrogen-bond acceptors (Lipinski definition) is 4. The second-order valence-electron chi connectivity index (χ2n) is 7.12. The van der Waals surface area contributed by atoms with Gasteiger partial charge in [0.15, 0.2) is 0 Å². The number of carbonyl (C=O) groups excluding carboxylic acids is 1. The smallest absolute Gasteiger partial charge is 0.308 e. The molecule has 0 aromatic rings. The molecule has 0 saturated heterocycles. The summed E-state index contributed by atoms with van der Waals surface area (Å²) in [6.45, 7) is 5.21. The van der Waals surface area contributed by atoms with E-state index < -0.39 is 5.60 Å². The Morgan fingerprint density at radius 2 is 2.14 bits per heavy atom. The fourth-order valence-electron chi connectivity index (χ4n) is 3.98. The minimum atomic E-state index is -0.547. The summed E-state index contributed by atoms with van der Waals surface area (Å²) in [4.78, 5) is 11.9. The summed E-state index contributed by atoms with van der Waals surface area (Å²) in [6.07, 6.45) is 8.11. The molecule has 21 heavy (non-hydrogen) atoms. The van der Waals surface area contributed by atoms with Gasteiger partial charge in [0.2, 0.25) is 0 Å². The van der Waals surface area contributed by atoms with Gasteiger partial charge in [-0.25, -0.2) is 0 Å². The molecule has 4 unspecified atom stereocenters. The second kappa shape index (κ2) is 7.59. The van der Waals surface area contributed by atoms with Crippen molar-refractivity contribution < 1.29 is 14.6 Å². The van der Waals surface area contributed by atoms with Gasteiger partial charge in [0, 0.05) is 12.6 Å². The minimum absolute atomic E-state index is 0.0381. The van der Waals surface area contributed by atoms with E-state index in [2.05, 4.69) is 12.2 Å². The van der Waals surface area contributed by atoms with Crippen molar-refractivity contribution in [1.82, 2.24) is 5.32 Å². The third kappa shape index (κ3) is 4.96. The number of ether oxygens (including phenoxy) is 1. The molecule has 0 radical (unpaired) electrons. The van der Waals surface area contributed by atoms with Crippen molar-refractivity contribution in [2.24, 2.45) is 11.8 Å². The summed E-state index contributed by atoms with van der Waals surface area (Å²) >= 11 is 0. The van der Waals surface area contributed by atoms with E-state index in [1.165, 1.54) is 6.42 Å². The Kier molecular flexibility index (Phi) is 6.06. The molecule has 0 bridgehead atoms. The van der Waals surface area contributed by atoms with E-state index in [0.29, 0.717) is 25.1 Å². The van der Waals surface area contributed by atoms with Crippen LogP contribution in [0.3, 0.4) is 0 Å². The molecule has 2 aliphatic rings. The molecule has 0 heterocycles. The molecule has 0 spiro atoms. The van der Waals surface area contributed by atoms with E-state index in [1.54, 1.807) is 0 Å². The molecule has 4 atom stereocenters. The lowest BCUT2D eigenvalue weighted by Gasteiger charge is -2.38. The fourth-order valence-corrected chi connectivity index (χ4v) is 3.98. The first kappa shape index (κ1) is 16.8. The van der Waals surface area contributed by atoms with Gasteiger partial charge in [0.25, 0.3) is 0 Å². The topological polar surface area (TPSA) is 58.6 Å². The predicted molar refractivity (Wildman–Crippen MR) is 83.0 cm³/mol. The maximum Gasteiger partial charge on any atom is 0.308 e. The zero-order valence-electron chi connectivity index (χ0n) is 13.6. The number of rotatable bonds is 5. The Morgan fingerprint density at radius 3 is 2.86 bits per heavy atom. The zero-order valence-corrected chi connectivity index (χ0v) is 13.6. The molecular weight excluding hydrogens is 266 g/mol. The van der Waals surface area contributed by atoms with Crippen molar-refractivity contribution in [2.45, 2.75) is 76.9 Å². The second-order valence-corrected chi connectivity index (χ2v) is 7.12. The average Bonchev–Trinajstić information content (AvgIpc) is 2.46. The largest absolute Gasteiger partial charge is 0.466 e. The highest BCUT2D eigenvalue weighted by Crippen LogP contribution is 2.32. The van der Waals surface area contributed by atoms with Gasteiger partial charge in [0.1, 0.15) is 0 Å². The van der Waals surface area contributed by atoms with Gasteiger partial charge in [-0.3, -0.25) is 4.79 Å². The Hall–Kier alpha value is -0.610. The molecule has 0 amide bonds. The highest BCUT2D eigenvalue weighted by molar-refractivity contribution is 5.72. The quantitative estimate of drug-likeness (QED) is 0.766. The molecule has 2 fully saturated rings. The van der Waals surface area contributed by atoms with Crippen molar-refractivity contribution in [1.29, 1.82) is 0 Å². The SMILES string of the molecule is CCOC(=O)C1CCCC(NCC2(O)CCCC(C)C2)C1. The van der Waals surface area contributed by atoms with Crippen molar-refractivity contribution >= 4 is 5.97 Å². The summed E-state index contributed by atoms with van der Waals surface area (Å²) in [5.74, 6) is 0.606. The van der Waals surface area contributed by atoms with E-state index in [1.807, 2.05) is 6.92 Å². The number of esters is 1. The molecule has 0 aromatic carbocycles. The number of hydrogen-bond donors (Lipinski definition) is 2. The van der Waals surface area contributed by atoms with Crippen molar-refractivity contribution in [3.05, 3.63) is 0 Å². The summed E-state index contributed by atoms with van der Waals surface area (Å²) in [5.41, 5.74) is -0.547. The van der Waals surface area contributed by atoms with Gasteiger partial charge in [-0.05, 0) is 44.9 Å². The first-order valence-electron chi connectivity index (χ1n) is 8.65. The van der Waals surface area contributed by atoms with Crippen LogP contribution in [0, 0.1) is 11.8 Å². The molecule has 2 rings (SSSR count). The lowest BCUT2D eigenvalue weighted by molar-refractivity contribution is -0.149. The van der Waals surface area contributed by atoms with Crippen molar-refractivity contribution in [2.75, 3.05) is 13.2 Å². The van der Waals surface area contributed by atoms with Crippen LogP contribution in [0.4, 0.5) is 0 Å². The van der Waals surface area contributed by atoms with Crippen LogP contribution < -0.4 is 5.32 Å². The fraction of sp³-hybridized carbons (Fsp3) is 0.941. The van der Waals surface area contributed by atoms with Gasteiger partial charge in [-0.15, -0.1) is 0 Å². The Labute approximate surface area is 128 Å². The predicted octanol–water partition coefficient (Wildman–Crippen LogP) is 2.64. The molecule has 2 N–H and O–H groups in total. The van der Waals surface area contributed by atoms with Gasteiger partial charge in [-0.1, -0.05) is 26.2 Å². The third-order valence-electron chi connectivity index (χ3n) is 5.08. The molecule has 4 heteroatoms. The van der Waals surface area contributed by atoms with Gasteiger partial charge in [0.05, 0.1) is 18.1 Å². The van der Waals surface area contributed by atoms with E-state index >= 15 is 0 Å². The maximum atomic E-state index is 11.9. The van der Waals surface area contributed by atoms with Crippen LogP contribution in [-0.2, 0) is 9.53 Å². The third-order valence-corrected chi connectivity index (χ3v) is 5.08. The summed E-state index contributed by atoms with van der Waals surface area (Å²) < 4.78 is 5.14. The molecule has 2 saturated carbocycles. The van der Waals surface area contributed by atoms with Gasteiger partial charge in [-0.2, -0.15) is 0 Å². The summed E-state index contributed by atoms with van der Waals surface area (Å²) in [6, 6.07) is 0.342. The highest BCUT2D eigenvalue weighted by atomic mass is 16.5. The lowest BCUT2D eigenvalue weighted by Crippen LogP contribution is -2.48. The molecule has 2 aliphatic carbocycles. The van der Waals surface area contributed by atoms with Crippen LogP contribution in [0.1, 0.15) is 65.2 Å². The van der Waals surface area contributed by atoms with Crippen molar-refractivity contribution in [3.8, 4) is 0 Å². The number of aliphatic hydroxyl groups is 1. The van der Waals surface area contributed by atoms with Crippen LogP contribution in [-0.4, -0.2) is 35.9 Å².